The fourth-order valence-corrected chi connectivity index (χ4v) is 4.90. The van der Waals surface area contributed by atoms with E-state index < -0.39 is 0 Å². The molecule has 38 heavy (non-hydrogen) atoms. The molecule has 3 heterocycles. The fourth-order valence-electron chi connectivity index (χ4n) is 4.09. The molecule has 10 heteroatoms. The molecule has 2 aromatic heterocycles. The van der Waals surface area contributed by atoms with Crippen molar-refractivity contribution in [2.24, 2.45) is 4.99 Å². The largest absolute Gasteiger partial charge is 0.398 e. The van der Waals surface area contributed by atoms with Crippen LogP contribution < -0.4 is 11.1 Å². The van der Waals surface area contributed by atoms with E-state index in [2.05, 4.69) is 25.2 Å². The summed E-state index contributed by atoms with van der Waals surface area (Å²) in [6.45, 7) is 4.75. The highest BCUT2D eigenvalue weighted by Gasteiger charge is 2.17. The third-order valence-corrected chi connectivity index (χ3v) is 7.06. The Morgan fingerprint density at radius 2 is 1.89 bits per heavy atom. The summed E-state index contributed by atoms with van der Waals surface area (Å²) < 4.78 is 19.0. The van der Waals surface area contributed by atoms with Gasteiger partial charge in [0.05, 0.1) is 19.8 Å². The van der Waals surface area contributed by atoms with Crippen molar-refractivity contribution in [2.75, 3.05) is 50.4 Å². The second-order valence-electron chi connectivity index (χ2n) is 8.75. The van der Waals surface area contributed by atoms with Gasteiger partial charge in [-0.1, -0.05) is 12.1 Å². The van der Waals surface area contributed by atoms with Gasteiger partial charge in [0.15, 0.2) is 0 Å². The van der Waals surface area contributed by atoms with Crippen molar-refractivity contribution in [3.8, 4) is 21.7 Å². The van der Waals surface area contributed by atoms with Crippen LogP contribution >= 0.6 is 11.3 Å². The summed E-state index contributed by atoms with van der Waals surface area (Å²) >= 11 is 1.38. The summed E-state index contributed by atoms with van der Waals surface area (Å²) in [4.78, 5) is 28.6. The van der Waals surface area contributed by atoms with E-state index >= 15 is 0 Å². The lowest BCUT2D eigenvalue weighted by molar-refractivity contribution is 0.0395. The number of benzene rings is 2. The van der Waals surface area contributed by atoms with Crippen molar-refractivity contribution in [1.29, 1.82) is 0 Å². The lowest BCUT2D eigenvalue weighted by atomic mass is 10.00. The smallest absolute Gasteiger partial charge is 0.275 e. The number of nitrogens with zero attached hydrogens (tertiary/aromatic N) is 4. The standard InChI is InChI=1S/C28H27FN6O2S/c29-22-3-1-19(2-4-22)23-16-24(30)21(17-32-9-10-35-11-13-37-14-12-35)15-25(23)33-27(36)26-18-38-28(34-26)20-5-7-31-8-6-20/h1-8,15-18H,9-14,30H2,(H,33,36). The second kappa shape index (κ2) is 12.0. The van der Waals surface area contributed by atoms with Crippen molar-refractivity contribution >= 4 is 34.8 Å². The molecule has 0 bridgehead atoms. The number of hydrogen-bond acceptors (Lipinski definition) is 8. The third kappa shape index (κ3) is 6.28. The molecular weight excluding hydrogens is 503 g/mol. The molecule has 0 unspecified atom stereocenters. The Kier molecular flexibility index (Phi) is 8.12. The molecule has 1 fully saturated rings. The van der Waals surface area contributed by atoms with Gasteiger partial charge in [0.2, 0.25) is 0 Å². The number of rotatable bonds is 8. The Hall–Kier alpha value is -3.99. The van der Waals surface area contributed by atoms with Gasteiger partial charge >= 0.3 is 0 Å². The third-order valence-electron chi connectivity index (χ3n) is 6.17. The normalized spacial score (nSPS) is 14.1. The van der Waals surface area contributed by atoms with Crippen molar-refractivity contribution in [3.63, 3.8) is 0 Å². The second-order valence-corrected chi connectivity index (χ2v) is 9.61. The predicted molar refractivity (Wildman–Crippen MR) is 149 cm³/mol. The van der Waals surface area contributed by atoms with E-state index in [9.17, 15) is 9.18 Å². The number of amides is 1. The first-order chi connectivity index (χ1) is 18.6. The van der Waals surface area contributed by atoms with E-state index in [1.165, 1.54) is 23.5 Å². The maximum atomic E-state index is 13.6. The lowest BCUT2D eigenvalue weighted by Crippen LogP contribution is -2.37. The van der Waals surface area contributed by atoms with Crippen LogP contribution in [0.1, 0.15) is 16.1 Å². The minimum absolute atomic E-state index is 0.296. The molecule has 1 amide bonds. The molecule has 0 saturated carbocycles. The van der Waals surface area contributed by atoms with E-state index in [0.717, 1.165) is 49.0 Å². The molecule has 2 aromatic carbocycles. The maximum absolute atomic E-state index is 13.6. The van der Waals surface area contributed by atoms with Gasteiger partial charge in [-0.05, 0) is 42.0 Å². The predicted octanol–water partition coefficient (Wildman–Crippen LogP) is 4.60. The number of hydrogen-bond donors (Lipinski definition) is 2. The molecule has 0 aliphatic carbocycles. The zero-order valence-corrected chi connectivity index (χ0v) is 21.5. The number of nitrogens with two attached hydrogens (primary N) is 1. The monoisotopic (exact) mass is 530 g/mol. The van der Waals surface area contributed by atoms with E-state index in [0.29, 0.717) is 34.7 Å². The number of thiazole rings is 1. The van der Waals surface area contributed by atoms with E-state index in [4.69, 9.17) is 10.5 Å². The average Bonchev–Trinajstić information content (AvgIpc) is 3.45. The highest BCUT2D eigenvalue weighted by Crippen LogP contribution is 2.33. The highest BCUT2D eigenvalue weighted by atomic mass is 32.1. The first-order valence-electron chi connectivity index (χ1n) is 12.2. The van der Waals surface area contributed by atoms with Crippen LogP contribution in [0.15, 0.2) is 71.3 Å². The fraction of sp³-hybridized carbons (Fsp3) is 0.214. The Morgan fingerprint density at radius 3 is 2.66 bits per heavy atom. The molecule has 0 atom stereocenters. The molecule has 3 N–H and O–H groups in total. The first kappa shape index (κ1) is 25.7. The van der Waals surface area contributed by atoms with E-state index in [1.807, 2.05) is 12.1 Å². The van der Waals surface area contributed by atoms with Gasteiger partial charge in [0.1, 0.15) is 16.5 Å². The Bertz CT molecular complexity index is 1420. The summed E-state index contributed by atoms with van der Waals surface area (Å²) in [6.07, 6.45) is 5.10. The number of carbonyl (C=O) groups is 1. The summed E-state index contributed by atoms with van der Waals surface area (Å²) in [5, 5.41) is 5.41. The minimum atomic E-state index is -0.357. The van der Waals surface area contributed by atoms with E-state index in [-0.39, 0.29) is 11.7 Å². The van der Waals surface area contributed by atoms with Crippen LogP contribution in [0.3, 0.4) is 0 Å². The molecule has 5 rings (SSSR count). The van der Waals surface area contributed by atoms with Crippen LogP contribution in [-0.2, 0) is 4.74 Å². The van der Waals surface area contributed by atoms with Crippen molar-refractivity contribution in [1.82, 2.24) is 14.9 Å². The number of halogens is 1. The Morgan fingerprint density at radius 1 is 1.13 bits per heavy atom. The van der Waals surface area contributed by atoms with Gasteiger partial charge in [-0.15, -0.1) is 11.3 Å². The quantitative estimate of drug-likeness (QED) is 0.255. The average molecular weight is 531 g/mol. The van der Waals surface area contributed by atoms with Crippen molar-refractivity contribution in [3.05, 3.63) is 83.4 Å². The number of carbonyl (C=O) groups excluding carboxylic acids is 1. The van der Waals surface area contributed by atoms with Crippen LogP contribution in [0.5, 0.6) is 0 Å². The number of nitrogens with one attached hydrogen (secondary N) is 1. The summed E-state index contributed by atoms with van der Waals surface area (Å²) in [5.74, 6) is -0.702. The van der Waals surface area contributed by atoms with Gasteiger partial charge < -0.3 is 15.8 Å². The van der Waals surface area contributed by atoms with Gasteiger partial charge in [0.25, 0.3) is 5.91 Å². The van der Waals surface area contributed by atoms with Crippen LogP contribution in [0.2, 0.25) is 0 Å². The zero-order valence-electron chi connectivity index (χ0n) is 20.6. The number of aliphatic imine (C=N–C) groups is 1. The van der Waals surface area contributed by atoms with Crippen LogP contribution in [0.25, 0.3) is 21.7 Å². The number of anilines is 2. The maximum Gasteiger partial charge on any atom is 0.275 e. The zero-order chi connectivity index (χ0) is 26.3. The number of pyridine rings is 1. The molecule has 1 aliphatic heterocycles. The first-order valence-corrected chi connectivity index (χ1v) is 13.1. The Balaban J connectivity index is 1.39. The van der Waals surface area contributed by atoms with Gasteiger partial charge in [-0.25, -0.2) is 9.37 Å². The number of morpholine rings is 1. The van der Waals surface area contributed by atoms with Crippen molar-refractivity contribution in [2.45, 2.75) is 0 Å². The lowest BCUT2D eigenvalue weighted by Gasteiger charge is -2.25. The summed E-state index contributed by atoms with van der Waals surface area (Å²) in [5.41, 5.74) is 10.7. The van der Waals surface area contributed by atoms with E-state index in [1.54, 1.807) is 48.3 Å². The van der Waals surface area contributed by atoms with Crippen LogP contribution in [0.4, 0.5) is 15.8 Å². The SMILES string of the molecule is Nc1cc(-c2ccc(F)cc2)c(NC(=O)c2csc(-c3ccncc3)n2)cc1C=NCCN1CCOCC1. The van der Waals surface area contributed by atoms with Gasteiger partial charge in [-0.2, -0.15) is 0 Å². The molecule has 1 aliphatic rings. The summed E-state index contributed by atoms with van der Waals surface area (Å²) in [6, 6.07) is 13.3. The van der Waals surface area contributed by atoms with Crippen LogP contribution in [0, 0.1) is 5.82 Å². The number of ether oxygens (including phenoxy) is 1. The molecule has 4 aromatic rings. The molecule has 0 spiro atoms. The number of nitrogen functional groups attached to an aromatic ring is 1. The molecular formula is C28H27FN6O2S. The topological polar surface area (TPSA) is 106 Å². The molecule has 0 radical (unpaired) electrons. The Labute approximate surface area is 224 Å². The van der Waals surface area contributed by atoms with Crippen molar-refractivity contribution < 1.29 is 13.9 Å². The summed E-state index contributed by atoms with van der Waals surface area (Å²) in [7, 11) is 0. The molecule has 8 nitrogen and oxygen atoms in total. The van der Waals surface area contributed by atoms with Crippen LogP contribution in [-0.4, -0.2) is 66.4 Å². The molecule has 1 saturated heterocycles. The highest BCUT2D eigenvalue weighted by molar-refractivity contribution is 7.13. The van der Waals surface area contributed by atoms with Gasteiger partial charge in [-0.3, -0.25) is 19.7 Å². The minimum Gasteiger partial charge on any atom is -0.398 e. The molecule has 194 valence electrons. The number of aromatic nitrogens is 2. The van der Waals surface area contributed by atoms with Gasteiger partial charge in [0, 0.05) is 71.7 Å².